The van der Waals surface area contributed by atoms with E-state index in [-0.39, 0.29) is 31.4 Å². The molecular weight excluding hydrogens is 388 g/mol. The Morgan fingerprint density at radius 3 is 2.50 bits per heavy atom. The van der Waals surface area contributed by atoms with Crippen LogP contribution in [0.5, 0.6) is 11.5 Å². The number of carbonyl (C=O) groups excluding carboxylic acids is 3. The molecule has 0 saturated carbocycles. The molecule has 30 heavy (non-hydrogen) atoms. The second-order valence-electron chi connectivity index (χ2n) is 7.03. The maximum absolute atomic E-state index is 12.5. The van der Waals surface area contributed by atoms with Crippen LogP contribution in [0.3, 0.4) is 0 Å². The molecule has 0 aromatic heterocycles. The number of hydrogen-bond acceptors (Lipinski definition) is 7. The van der Waals surface area contributed by atoms with Gasteiger partial charge in [-0.05, 0) is 47.4 Å². The molecule has 0 unspecified atom stereocenters. The van der Waals surface area contributed by atoms with Gasteiger partial charge in [-0.3, -0.25) is 14.4 Å². The van der Waals surface area contributed by atoms with Gasteiger partial charge in [-0.2, -0.15) is 0 Å². The zero-order valence-corrected chi connectivity index (χ0v) is 16.4. The average Bonchev–Trinajstić information content (AvgIpc) is 2.73. The summed E-state index contributed by atoms with van der Waals surface area (Å²) in [5.74, 6) is 0.416. The van der Waals surface area contributed by atoms with Crippen LogP contribution in [0.4, 0.5) is 0 Å². The third-order valence-corrected chi connectivity index (χ3v) is 4.92. The maximum atomic E-state index is 12.5. The van der Waals surface area contributed by atoms with E-state index in [9.17, 15) is 14.4 Å². The average molecular weight is 408 g/mol. The monoisotopic (exact) mass is 408 g/mol. The minimum Gasteiger partial charge on any atom is -0.489 e. The number of ether oxygens (including phenoxy) is 4. The SMILES string of the molecule is COC(=O)Cc1ccc2c(c1)OCC=C2OC(=O)Cc1ccc2c(c1)OC(=O)CC2. The Bertz CT molecular complexity index is 1050. The van der Waals surface area contributed by atoms with Crippen molar-refractivity contribution < 1.29 is 33.3 Å². The van der Waals surface area contributed by atoms with Crippen molar-refractivity contribution in [3.63, 3.8) is 0 Å². The molecule has 2 aliphatic heterocycles. The molecule has 0 aliphatic carbocycles. The molecule has 0 amide bonds. The first-order valence-corrected chi connectivity index (χ1v) is 9.58. The van der Waals surface area contributed by atoms with Crippen LogP contribution in [0.25, 0.3) is 5.76 Å². The molecule has 4 rings (SSSR count). The number of benzene rings is 2. The van der Waals surface area contributed by atoms with Crippen molar-refractivity contribution in [2.45, 2.75) is 25.7 Å². The third-order valence-electron chi connectivity index (χ3n) is 4.92. The summed E-state index contributed by atoms with van der Waals surface area (Å²) in [6, 6.07) is 10.7. The Hall–Kier alpha value is -3.61. The number of rotatable bonds is 5. The highest BCUT2D eigenvalue weighted by molar-refractivity contribution is 5.82. The Balaban J connectivity index is 1.44. The van der Waals surface area contributed by atoms with Gasteiger partial charge >= 0.3 is 17.9 Å². The molecule has 2 aromatic rings. The van der Waals surface area contributed by atoms with E-state index in [1.54, 1.807) is 30.3 Å². The molecule has 0 bridgehead atoms. The van der Waals surface area contributed by atoms with Gasteiger partial charge in [0, 0.05) is 0 Å². The third kappa shape index (κ3) is 4.35. The van der Waals surface area contributed by atoms with Gasteiger partial charge in [-0.1, -0.05) is 18.2 Å². The summed E-state index contributed by atoms with van der Waals surface area (Å²) in [6.45, 7) is 0.256. The molecule has 0 saturated heterocycles. The van der Waals surface area contributed by atoms with Gasteiger partial charge in [0.2, 0.25) is 0 Å². The lowest BCUT2D eigenvalue weighted by Gasteiger charge is -2.19. The van der Waals surface area contributed by atoms with Gasteiger partial charge in [-0.15, -0.1) is 0 Å². The standard InChI is InChI=1S/C23H20O7/c1-27-22(25)12-15-3-6-17-18(8-9-28-20(17)11-15)29-23(26)13-14-2-4-16-5-7-21(24)30-19(16)10-14/h2-4,6,8,10-11H,5,7,9,12-13H2,1H3. The van der Waals surface area contributed by atoms with Crippen LogP contribution in [-0.4, -0.2) is 31.6 Å². The summed E-state index contributed by atoms with van der Waals surface area (Å²) in [5.41, 5.74) is 3.05. The molecular formula is C23H20O7. The molecule has 0 N–H and O–H groups in total. The molecule has 2 heterocycles. The first-order chi connectivity index (χ1) is 14.5. The van der Waals surface area contributed by atoms with Crippen LogP contribution in [-0.2, 0) is 43.1 Å². The quantitative estimate of drug-likeness (QED) is 0.555. The molecule has 0 spiro atoms. The lowest BCUT2D eigenvalue weighted by molar-refractivity contribution is -0.140. The normalized spacial score (nSPS) is 14.4. The fourth-order valence-electron chi connectivity index (χ4n) is 3.40. The van der Waals surface area contributed by atoms with E-state index in [0.29, 0.717) is 41.2 Å². The van der Waals surface area contributed by atoms with Crippen molar-refractivity contribution in [3.8, 4) is 11.5 Å². The number of aryl methyl sites for hydroxylation is 1. The summed E-state index contributed by atoms with van der Waals surface area (Å²) in [6.07, 6.45) is 2.87. The fourth-order valence-corrected chi connectivity index (χ4v) is 3.40. The van der Waals surface area contributed by atoms with Crippen LogP contribution in [0.2, 0.25) is 0 Å². The lowest BCUT2D eigenvalue weighted by atomic mass is 10.0. The van der Waals surface area contributed by atoms with Crippen molar-refractivity contribution in [1.82, 2.24) is 0 Å². The number of carbonyl (C=O) groups is 3. The predicted molar refractivity (Wildman–Crippen MR) is 106 cm³/mol. The smallest absolute Gasteiger partial charge is 0.315 e. The van der Waals surface area contributed by atoms with Crippen molar-refractivity contribution in [1.29, 1.82) is 0 Å². The van der Waals surface area contributed by atoms with E-state index in [0.717, 1.165) is 11.1 Å². The van der Waals surface area contributed by atoms with Crippen molar-refractivity contribution in [3.05, 3.63) is 64.7 Å². The van der Waals surface area contributed by atoms with Gasteiger partial charge in [0.1, 0.15) is 23.9 Å². The van der Waals surface area contributed by atoms with E-state index >= 15 is 0 Å². The van der Waals surface area contributed by atoms with E-state index in [1.165, 1.54) is 7.11 Å². The highest BCUT2D eigenvalue weighted by Gasteiger charge is 2.21. The zero-order chi connectivity index (χ0) is 21.1. The molecule has 2 aliphatic rings. The first kappa shape index (κ1) is 19.7. The topological polar surface area (TPSA) is 88.1 Å². The predicted octanol–water partition coefficient (Wildman–Crippen LogP) is 2.77. The molecule has 0 fully saturated rings. The maximum Gasteiger partial charge on any atom is 0.315 e. The van der Waals surface area contributed by atoms with Crippen LogP contribution in [0.15, 0.2) is 42.5 Å². The van der Waals surface area contributed by atoms with Crippen LogP contribution in [0.1, 0.15) is 28.7 Å². The minimum absolute atomic E-state index is 0.0405. The van der Waals surface area contributed by atoms with Crippen LogP contribution >= 0.6 is 0 Å². The Kier molecular flexibility index (Phi) is 5.52. The molecule has 154 valence electrons. The highest BCUT2D eigenvalue weighted by Crippen LogP contribution is 2.32. The van der Waals surface area contributed by atoms with Gasteiger partial charge < -0.3 is 18.9 Å². The summed E-state index contributed by atoms with van der Waals surface area (Å²) in [7, 11) is 1.34. The minimum atomic E-state index is -0.435. The van der Waals surface area contributed by atoms with Crippen molar-refractivity contribution >= 4 is 23.7 Å². The summed E-state index contributed by atoms with van der Waals surface area (Å²) in [4.78, 5) is 35.5. The second kappa shape index (κ2) is 8.41. The van der Waals surface area contributed by atoms with E-state index < -0.39 is 5.97 Å². The molecule has 7 heteroatoms. The molecule has 0 atom stereocenters. The molecule has 0 radical (unpaired) electrons. The molecule has 7 nitrogen and oxygen atoms in total. The number of methoxy groups -OCH3 is 1. The summed E-state index contributed by atoms with van der Waals surface area (Å²) < 4.78 is 21.1. The Morgan fingerprint density at radius 1 is 0.967 bits per heavy atom. The number of hydrogen-bond donors (Lipinski definition) is 0. The Morgan fingerprint density at radius 2 is 1.70 bits per heavy atom. The molecule has 2 aromatic carbocycles. The fraction of sp³-hybridized carbons (Fsp3) is 0.261. The number of esters is 3. The largest absolute Gasteiger partial charge is 0.489 e. The summed E-state index contributed by atoms with van der Waals surface area (Å²) >= 11 is 0. The second-order valence-corrected chi connectivity index (χ2v) is 7.03. The highest BCUT2D eigenvalue weighted by atomic mass is 16.5. The van der Waals surface area contributed by atoms with Crippen LogP contribution in [0, 0.1) is 0 Å². The van der Waals surface area contributed by atoms with Crippen molar-refractivity contribution in [2.75, 3.05) is 13.7 Å². The first-order valence-electron chi connectivity index (χ1n) is 9.58. The number of fused-ring (bicyclic) bond motifs is 2. The summed E-state index contributed by atoms with van der Waals surface area (Å²) in [5, 5.41) is 0. The van der Waals surface area contributed by atoms with Gasteiger partial charge in [-0.25, -0.2) is 0 Å². The Labute approximate surface area is 173 Å². The van der Waals surface area contributed by atoms with Crippen LogP contribution < -0.4 is 9.47 Å². The van der Waals surface area contributed by atoms with Gasteiger partial charge in [0.25, 0.3) is 0 Å². The van der Waals surface area contributed by atoms with Crippen molar-refractivity contribution in [2.24, 2.45) is 0 Å². The van der Waals surface area contributed by atoms with E-state index in [1.807, 2.05) is 12.1 Å². The lowest BCUT2D eigenvalue weighted by Crippen LogP contribution is -2.16. The van der Waals surface area contributed by atoms with Gasteiger partial charge in [0.15, 0.2) is 0 Å². The zero-order valence-electron chi connectivity index (χ0n) is 16.4. The van der Waals surface area contributed by atoms with E-state index in [4.69, 9.17) is 14.2 Å². The van der Waals surface area contributed by atoms with E-state index in [2.05, 4.69) is 4.74 Å². The van der Waals surface area contributed by atoms with Gasteiger partial charge in [0.05, 0.1) is 31.9 Å².